The number of hydrogen-bond acceptors (Lipinski definition) is 6. The van der Waals surface area contributed by atoms with Gasteiger partial charge in [-0.15, -0.1) is 0 Å². The maximum Gasteiger partial charge on any atom is 0.417 e. The van der Waals surface area contributed by atoms with Gasteiger partial charge in [-0.05, 0) is 51.6 Å². The fraction of sp³-hybridized carbons (Fsp3) is 0.333. The van der Waals surface area contributed by atoms with Gasteiger partial charge in [0.1, 0.15) is 17.6 Å². The van der Waals surface area contributed by atoms with Crippen molar-refractivity contribution in [1.82, 2.24) is 14.9 Å². The molecule has 2 atom stereocenters. The van der Waals surface area contributed by atoms with E-state index in [1.807, 2.05) is 31.9 Å². The lowest BCUT2D eigenvalue weighted by Gasteiger charge is -2.44. The van der Waals surface area contributed by atoms with Crippen LogP contribution >= 0.6 is 0 Å². The molecule has 0 unspecified atom stereocenters. The predicted molar refractivity (Wildman–Crippen MR) is 138 cm³/mol. The SMILES string of the molecule is Cc1cc(-c2cc(NC(=O)c3c[nH]c(=O)cc3C(F)(F)F)c(N3C[C@@H](C)N(C)[C@@H](C)C3)cc2F)cnc1C#N. The lowest BCUT2D eigenvalue weighted by atomic mass is 10.0. The number of halogens is 4. The van der Waals surface area contributed by atoms with E-state index in [1.54, 1.807) is 13.0 Å². The number of pyridine rings is 2. The summed E-state index contributed by atoms with van der Waals surface area (Å²) in [7, 11) is 1.97. The number of amides is 1. The topological polar surface area (TPSA) is 105 Å². The van der Waals surface area contributed by atoms with Crippen LogP contribution in [0.1, 0.15) is 41.0 Å². The molecular formula is C27H26F4N6O2. The number of H-pyrrole nitrogens is 1. The molecule has 4 rings (SSSR count). The summed E-state index contributed by atoms with van der Waals surface area (Å²) in [5.74, 6) is -1.75. The lowest BCUT2D eigenvalue weighted by molar-refractivity contribution is -0.138. The van der Waals surface area contributed by atoms with E-state index < -0.39 is 34.6 Å². The Balaban J connectivity index is 1.84. The number of hydrogen-bond donors (Lipinski definition) is 2. The van der Waals surface area contributed by atoms with Crippen molar-refractivity contribution in [3.63, 3.8) is 0 Å². The number of aryl methyl sites for hydroxylation is 1. The standard InChI is InChI=1S/C27H26F4N6O2/c1-14-5-17(10-33-23(14)9-32)18-6-22(24(8-21(18)28)37-12-15(2)36(4)16(3)13-37)35-26(39)19-11-34-25(38)7-20(19)27(29,30)31/h5-8,10-11,15-16H,12-13H2,1-4H3,(H,34,38)(H,35,39)/t15-,16+. The van der Waals surface area contributed by atoms with Gasteiger partial charge in [0.15, 0.2) is 0 Å². The Morgan fingerprint density at radius 2 is 1.85 bits per heavy atom. The normalized spacial score (nSPS) is 18.1. The van der Waals surface area contributed by atoms with E-state index in [0.29, 0.717) is 42.2 Å². The highest BCUT2D eigenvalue weighted by atomic mass is 19.4. The van der Waals surface area contributed by atoms with Gasteiger partial charge in [-0.25, -0.2) is 9.37 Å². The van der Waals surface area contributed by atoms with Crippen LogP contribution in [0.4, 0.5) is 28.9 Å². The van der Waals surface area contributed by atoms with Crippen molar-refractivity contribution in [3.8, 4) is 17.2 Å². The number of carbonyl (C=O) groups excluding carboxylic acids is 1. The smallest absolute Gasteiger partial charge is 0.367 e. The number of nitrogens with zero attached hydrogens (tertiary/aromatic N) is 4. The number of benzene rings is 1. The number of likely N-dealkylation sites (N-methyl/N-ethyl adjacent to an activating group) is 1. The van der Waals surface area contributed by atoms with Gasteiger partial charge < -0.3 is 15.2 Å². The summed E-state index contributed by atoms with van der Waals surface area (Å²) in [4.78, 5) is 34.9. The molecule has 0 radical (unpaired) electrons. The third-order valence-corrected chi connectivity index (χ3v) is 7.00. The summed E-state index contributed by atoms with van der Waals surface area (Å²) in [6, 6.07) is 6.55. The van der Waals surface area contributed by atoms with E-state index >= 15 is 4.39 Å². The van der Waals surface area contributed by atoms with E-state index in [0.717, 1.165) is 0 Å². The summed E-state index contributed by atoms with van der Waals surface area (Å²) in [6.07, 6.45) is -2.93. The van der Waals surface area contributed by atoms with E-state index in [4.69, 9.17) is 0 Å². The van der Waals surface area contributed by atoms with Crippen molar-refractivity contribution in [2.45, 2.75) is 39.0 Å². The molecule has 1 fully saturated rings. The summed E-state index contributed by atoms with van der Waals surface area (Å²) >= 11 is 0. The highest BCUT2D eigenvalue weighted by molar-refractivity contribution is 6.07. The van der Waals surface area contributed by atoms with E-state index in [9.17, 15) is 28.0 Å². The second kappa shape index (κ2) is 10.5. The van der Waals surface area contributed by atoms with Gasteiger partial charge in [-0.1, -0.05) is 0 Å². The molecule has 0 saturated carbocycles. The van der Waals surface area contributed by atoms with Crippen LogP contribution in [0.5, 0.6) is 0 Å². The molecule has 3 heterocycles. The Morgan fingerprint density at radius 3 is 2.44 bits per heavy atom. The summed E-state index contributed by atoms with van der Waals surface area (Å²) in [5, 5.41) is 11.7. The molecule has 1 aromatic carbocycles. The zero-order chi connectivity index (χ0) is 28.6. The number of rotatable bonds is 4. The fourth-order valence-corrected chi connectivity index (χ4v) is 4.67. The van der Waals surface area contributed by atoms with Crippen LogP contribution in [0.15, 0.2) is 41.5 Å². The number of aromatic amines is 1. The largest absolute Gasteiger partial charge is 0.417 e. The first-order valence-electron chi connectivity index (χ1n) is 12.1. The number of alkyl halides is 3. The van der Waals surface area contributed by atoms with Gasteiger partial charge >= 0.3 is 6.18 Å². The van der Waals surface area contributed by atoms with E-state index in [2.05, 4.69) is 20.2 Å². The van der Waals surface area contributed by atoms with Crippen molar-refractivity contribution >= 4 is 17.3 Å². The average Bonchev–Trinajstić information content (AvgIpc) is 2.87. The van der Waals surface area contributed by atoms with Crippen LogP contribution in [0.2, 0.25) is 0 Å². The van der Waals surface area contributed by atoms with Gasteiger partial charge in [-0.2, -0.15) is 18.4 Å². The third kappa shape index (κ3) is 5.63. The Kier molecular flexibility index (Phi) is 7.48. The molecule has 3 aromatic rings. The van der Waals surface area contributed by atoms with E-state index in [-0.39, 0.29) is 29.0 Å². The molecule has 1 saturated heterocycles. The second-order valence-corrected chi connectivity index (χ2v) is 9.70. The monoisotopic (exact) mass is 542 g/mol. The van der Waals surface area contributed by atoms with E-state index in [1.165, 1.54) is 18.3 Å². The molecular weight excluding hydrogens is 516 g/mol. The zero-order valence-electron chi connectivity index (χ0n) is 21.7. The molecule has 1 aliphatic rings. The number of anilines is 2. The minimum Gasteiger partial charge on any atom is -0.367 e. The molecule has 1 amide bonds. The highest BCUT2D eigenvalue weighted by Gasteiger charge is 2.36. The first kappa shape index (κ1) is 27.8. The quantitative estimate of drug-likeness (QED) is 0.469. The highest BCUT2D eigenvalue weighted by Crippen LogP contribution is 2.37. The summed E-state index contributed by atoms with van der Waals surface area (Å²) < 4.78 is 56.4. The average molecular weight is 543 g/mol. The van der Waals surface area contributed by atoms with Crippen LogP contribution < -0.4 is 15.8 Å². The van der Waals surface area contributed by atoms with Crippen LogP contribution in [-0.2, 0) is 6.18 Å². The maximum absolute atomic E-state index is 15.6. The first-order valence-corrected chi connectivity index (χ1v) is 12.1. The van der Waals surface area contributed by atoms with Crippen molar-refractivity contribution in [1.29, 1.82) is 5.26 Å². The van der Waals surface area contributed by atoms with Gasteiger partial charge in [0, 0.05) is 54.8 Å². The number of carbonyl (C=O) groups is 1. The van der Waals surface area contributed by atoms with Crippen molar-refractivity contribution in [3.05, 3.63) is 75.2 Å². The van der Waals surface area contributed by atoms with Crippen LogP contribution in [0.25, 0.3) is 11.1 Å². The Hall–Kier alpha value is -4.24. The number of aromatic nitrogens is 2. The van der Waals surface area contributed by atoms with Crippen LogP contribution in [0.3, 0.4) is 0 Å². The molecule has 2 aromatic heterocycles. The number of nitrogens with one attached hydrogen (secondary N) is 2. The molecule has 1 aliphatic heterocycles. The molecule has 2 N–H and O–H groups in total. The number of nitriles is 1. The Morgan fingerprint density at radius 1 is 1.18 bits per heavy atom. The predicted octanol–water partition coefficient (Wildman–Crippen LogP) is 4.56. The summed E-state index contributed by atoms with van der Waals surface area (Å²) in [6.45, 7) is 6.59. The van der Waals surface area contributed by atoms with Crippen LogP contribution in [-0.4, -0.2) is 53.0 Å². The Bertz CT molecular complexity index is 1520. The third-order valence-electron chi connectivity index (χ3n) is 7.00. The summed E-state index contributed by atoms with van der Waals surface area (Å²) in [5.41, 5.74) is -1.75. The maximum atomic E-state index is 15.6. The molecule has 0 spiro atoms. The second-order valence-electron chi connectivity index (χ2n) is 9.70. The fourth-order valence-electron chi connectivity index (χ4n) is 4.67. The minimum atomic E-state index is -4.95. The molecule has 0 bridgehead atoms. The van der Waals surface area contributed by atoms with Crippen molar-refractivity contribution in [2.75, 3.05) is 30.4 Å². The van der Waals surface area contributed by atoms with Gasteiger partial charge in [-0.3, -0.25) is 14.5 Å². The van der Waals surface area contributed by atoms with Gasteiger partial charge in [0.05, 0.1) is 22.5 Å². The lowest BCUT2D eigenvalue weighted by Crippen LogP contribution is -2.55. The Labute approximate surface area is 221 Å². The molecule has 12 heteroatoms. The molecule has 0 aliphatic carbocycles. The van der Waals surface area contributed by atoms with Gasteiger partial charge in [0.2, 0.25) is 5.56 Å². The molecule has 8 nitrogen and oxygen atoms in total. The number of piperazine rings is 1. The zero-order valence-corrected chi connectivity index (χ0v) is 21.7. The first-order chi connectivity index (χ1) is 18.3. The van der Waals surface area contributed by atoms with Crippen LogP contribution in [0, 0.1) is 24.1 Å². The van der Waals surface area contributed by atoms with Gasteiger partial charge in [0.25, 0.3) is 5.91 Å². The molecule has 39 heavy (non-hydrogen) atoms. The molecule has 204 valence electrons. The van der Waals surface area contributed by atoms with Crippen molar-refractivity contribution in [2.24, 2.45) is 0 Å². The van der Waals surface area contributed by atoms with Crippen molar-refractivity contribution < 1.29 is 22.4 Å². The minimum absolute atomic E-state index is 0.0434.